The van der Waals surface area contributed by atoms with Gasteiger partial charge in [0.05, 0.1) is 24.9 Å². The van der Waals surface area contributed by atoms with Gasteiger partial charge in [-0.3, -0.25) is 4.79 Å². The van der Waals surface area contributed by atoms with E-state index in [9.17, 15) is 18.0 Å². The van der Waals surface area contributed by atoms with Crippen molar-refractivity contribution in [2.75, 3.05) is 19.8 Å². The molecule has 2 atom stereocenters. The molecule has 1 N–H and O–H groups in total. The zero-order chi connectivity index (χ0) is 25.0. The van der Waals surface area contributed by atoms with Crippen LogP contribution < -0.4 is 10.1 Å². The average molecular weight is 507 g/mol. The van der Waals surface area contributed by atoms with Crippen molar-refractivity contribution in [2.24, 2.45) is 5.92 Å². The number of ether oxygens (including phenoxy) is 2. The van der Waals surface area contributed by atoms with Gasteiger partial charge in [0.15, 0.2) is 5.69 Å². The molecule has 3 heterocycles. The number of halogens is 3. The van der Waals surface area contributed by atoms with Gasteiger partial charge < -0.3 is 14.8 Å². The molecule has 1 fully saturated rings. The van der Waals surface area contributed by atoms with E-state index in [1.165, 1.54) is 6.07 Å². The van der Waals surface area contributed by atoms with Gasteiger partial charge >= 0.3 is 6.18 Å². The Balaban J connectivity index is 1.54. The molecule has 0 saturated carbocycles. The normalized spacial score (nSPS) is 16.8. The molecule has 1 aromatic carbocycles. The Labute approximate surface area is 204 Å². The maximum absolute atomic E-state index is 13.1. The molecule has 0 spiro atoms. The van der Waals surface area contributed by atoms with Crippen LogP contribution in [0.1, 0.15) is 52.9 Å². The minimum absolute atomic E-state index is 0.215. The van der Waals surface area contributed by atoms with Gasteiger partial charge in [0.2, 0.25) is 0 Å². The van der Waals surface area contributed by atoms with Crippen molar-refractivity contribution in [1.82, 2.24) is 20.5 Å². The highest BCUT2D eigenvalue weighted by atomic mass is 32.1. The van der Waals surface area contributed by atoms with Crippen molar-refractivity contribution in [3.63, 3.8) is 0 Å². The van der Waals surface area contributed by atoms with Crippen LogP contribution in [0.3, 0.4) is 0 Å². The van der Waals surface area contributed by atoms with Gasteiger partial charge in [0.1, 0.15) is 10.8 Å². The van der Waals surface area contributed by atoms with E-state index in [0.717, 1.165) is 34.4 Å². The predicted octanol–water partition coefficient (Wildman–Crippen LogP) is 5.09. The fourth-order valence-corrected chi connectivity index (χ4v) is 4.39. The van der Waals surface area contributed by atoms with E-state index in [-0.39, 0.29) is 5.69 Å². The van der Waals surface area contributed by atoms with Gasteiger partial charge in [-0.25, -0.2) is 4.98 Å². The fourth-order valence-electron chi connectivity index (χ4n) is 3.55. The highest BCUT2D eigenvalue weighted by Crippen LogP contribution is 2.31. The SMILES string of the molecule is CCc1cnc(-c2cc(OCC3CCOC3)cc(C(=O)N[C@H](C)c3ccc(C(F)(F)F)nn3)c2)s1. The second-order valence-electron chi connectivity index (χ2n) is 8.31. The lowest BCUT2D eigenvalue weighted by Gasteiger charge is -2.16. The van der Waals surface area contributed by atoms with Gasteiger partial charge in [0.25, 0.3) is 5.91 Å². The summed E-state index contributed by atoms with van der Waals surface area (Å²) in [6.07, 6.45) is -0.985. The molecule has 0 radical (unpaired) electrons. The third kappa shape index (κ3) is 6.34. The number of carbonyl (C=O) groups excluding carboxylic acids is 1. The van der Waals surface area contributed by atoms with Crippen molar-refractivity contribution in [1.29, 1.82) is 0 Å². The van der Waals surface area contributed by atoms with Gasteiger partial charge in [-0.15, -0.1) is 16.4 Å². The zero-order valence-corrected chi connectivity index (χ0v) is 20.1. The lowest BCUT2D eigenvalue weighted by molar-refractivity contribution is -0.141. The van der Waals surface area contributed by atoms with Gasteiger partial charge in [-0.05, 0) is 50.1 Å². The van der Waals surface area contributed by atoms with Crippen LogP contribution in [0.15, 0.2) is 36.5 Å². The minimum Gasteiger partial charge on any atom is -0.493 e. The van der Waals surface area contributed by atoms with Crippen molar-refractivity contribution in [3.05, 3.63) is 58.4 Å². The molecule has 186 valence electrons. The molecular formula is C24H25F3N4O3S. The molecule has 1 aliphatic rings. The van der Waals surface area contributed by atoms with Crippen LogP contribution in [0.25, 0.3) is 10.6 Å². The summed E-state index contributed by atoms with van der Waals surface area (Å²) < 4.78 is 49.7. The van der Waals surface area contributed by atoms with E-state index in [4.69, 9.17) is 9.47 Å². The Morgan fingerprint density at radius 1 is 1.29 bits per heavy atom. The number of rotatable bonds is 8. The summed E-state index contributed by atoms with van der Waals surface area (Å²) >= 11 is 1.54. The quantitative estimate of drug-likeness (QED) is 0.458. The summed E-state index contributed by atoms with van der Waals surface area (Å²) in [5, 5.41) is 10.4. The number of carbonyl (C=O) groups is 1. The first-order chi connectivity index (χ1) is 16.7. The number of hydrogen-bond acceptors (Lipinski definition) is 7. The first-order valence-electron chi connectivity index (χ1n) is 11.3. The summed E-state index contributed by atoms with van der Waals surface area (Å²) in [5.74, 6) is 0.415. The van der Waals surface area contributed by atoms with Gasteiger partial charge in [0, 0.05) is 34.7 Å². The minimum atomic E-state index is -4.58. The van der Waals surface area contributed by atoms with E-state index in [0.29, 0.717) is 37.1 Å². The number of aryl methyl sites for hydroxylation is 1. The molecule has 1 unspecified atom stereocenters. The first kappa shape index (κ1) is 25.1. The number of amides is 1. The van der Waals surface area contributed by atoms with Crippen molar-refractivity contribution >= 4 is 17.2 Å². The standard InChI is InChI=1S/C24H25F3N4O3S/c1-3-19-11-28-23(35-19)17-8-16(9-18(10-17)34-13-15-6-7-33-12-15)22(32)29-14(2)20-4-5-21(31-30-20)24(25,26)27/h4-5,8-11,14-15H,3,6-7,12-13H2,1-2H3,(H,29,32)/t14-,15?/m1/s1. The number of nitrogens with one attached hydrogen (secondary N) is 1. The Hall–Kier alpha value is -3.05. The smallest absolute Gasteiger partial charge is 0.435 e. The molecule has 11 heteroatoms. The molecule has 0 aliphatic carbocycles. The molecule has 1 saturated heterocycles. The third-order valence-corrected chi connectivity index (χ3v) is 6.78. The van der Waals surface area contributed by atoms with Crippen LogP contribution in [-0.4, -0.2) is 40.9 Å². The average Bonchev–Trinajstić information content (AvgIpc) is 3.54. The Morgan fingerprint density at radius 2 is 2.11 bits per heavy atom. The van der Waals surface area contributed by atoms with Gasteiger partial charge in [-0.1, -0.05) is 6.92 Å². The second-order valence-corrected chi connectivity index (χ2v) is 9.42. The third-order valence-electron chi connectivity index (χ3n) is 5.59. The van der Waals surface area contributed by atoms with E-state index >= 15 is 0 Å². The Kier molecular flexibility index (Phi) is 7.66. The van der Waals surface area contributed by atoms with Crippen LogP contribution >= 0.6 is 11.3 Å². The van der Waals surface area contributed by atoms with E-state index in [2.05, 4.69) is 20.5 Å². The predicted molar refractivity (Wildman–Crippen MR) is 124 cm³/mol. The van der Waals surface area contributed by atoms with Crippen LogP contribution in [-0.2, 0) is 17.3 Å². The van der Waals surface area contributed by atoms with E-state index in [1.54, 1.807) is 30.4 Å². The lowest BCUT2D eigenvalue weighted by atomic mass is 10.1. The van der Waals surface area contributed by atoms with Crippen molar-refractivity contribution in [3.8, 4) is 16.3 Å². The largest absolute Gasteiger partial charge is 0.493 e. The second kappa shape index (κ2) is 10.7. The maximum atomic E-state index is 13.1. The monoisotopic (exact) mass is 506 g/mol. The number of hydrogen-bond donors (Lipinski definition) is 1. The fraction of sp³-hybridized carbons (Fsp3) is 0.417. The molecule has 1 amide bonds. The van der Waals surface area contributed by atoms with E-state index < -0.39 is 23.8 Å². The molecule has 4 rings (SSSR count). The summed E-state index contributed by atoms with van der Waals surface area (Å²) in [7, 11) is 0. The van der Waals surface area contributed by atoms with E-state index in [1.807, 2.05) is 19.2 Å². The topological polar surface area (TPSA) is 86.2 Å². The number of benzene rings is 1. The summed E-state index contributed by atoms with van der Waals surface area (Å²) in [6.45, 7) is 5.51. The number of aromatic nitrogens is 3. The highest BCUT2D eigenvalue weighted by Gasteiger charge is 2.33. The zero-order valence-electron chi connectivity index (χ0n) is 19.3. The van der Waals surface area contributed by atoms with Crippen LogP contribution in [0.4, 0.5) is 13.2 Å². The maximum Gasteiger partial charge on any atom is 0.435 e. The van der Waals surface area contributed by atoms with Crippen molar-refractivity contribution in [2.45, 2.75) is 38.9 Å². The number of alkyl halides is 3. The van der Waals surface area contributed by atoms with Crippen molar-refractivity contribution < 1.29 is 27.4 Å². The van der Waals surface area contributed by atoms with Crippen LogP contribution in [0.5, 0.6) is 5.75 Å². The Bertz CT molecular complexity index is 1160. The molecule has 3 aromatic rings. The molecule has 7 nitrogen and oxygen atoms in total. The van der Waals surface area contributed by atoms with Gasteiger partial charge in [-0.2, -0.15) is 18.3 Å². The molecule has 2 aromatic heterocycles. The summed E-state index contributed by atoms with van der Waals surface area (Å²) in [6, 6.07) is 6.62. The molecular weight excluding hydrogens is 481 g/mol. The number of nitrogens with zero attached hydrogens (tertiary/aromatic N) is 3. The summed E-state index contributed by atoms with van der Waals surface area (Å²) in [4.78, 5) is 18.7. The highest BCUT2D eigenvalue weighted by molar-refractivity contribution is 7.15. The van der Waals surface area contributed by atoms with Crippen LogP contribution in [0.2, 0.25) is 0 Å². The molecule has 0 bridgehead atoms. The molecule has 1 aliphatic heterocycles. The Morgan fingerprint density at radius 3 is 2.74 bits per heavy atom. The first-order valence-corrected chi connectivity index (χ1v) is 12.1. The summed E-state index contributed by atoms with van der Waals surface area (Å²) in [5.41, 5.74) is 0.228. The lowest BCUT2D eigenvalue weighted by Crippen LogP contribution is -2.27. The van der Waals surface area contributed by atoms with Crippen LogP contribution in [0, 0.1) is 5.92 Å². The molecule has 35 heavy (non-hydrogen) atoms. The number of thiazole rings is 1.